The van der Waals surface area contributed by atoms with Gasteiger partial charge < -0.3 is 0 Å². The van der Waals surface area contributed by atoms with Crippen molar-refractivity contribution in [3.05, 3.63) is 30.3 Å². The quantitative estimate of drug-likeness (QED) is 0.607. The Kier molecular flexibility index (Phi) is 3.05. The number of hydrogen-bond donors (Lipinski definition) is 0. The van der Waals surface area contributed by atoms with Gasteiger partial charge in [-0.25, -0.2) is 9.38 Å². The van der Waals surface area contributed by atoms with E-state index in [1.54, 1.807) is 12.1 Å². The van der Waals surface area contributed by atoms with E-state index in [2.05, 4.69) is 4.99 Å². The highest BCUT2D eigenvalue weighted by molar-refractivity contribution is 6.66. The maximum absolute atomic E-state index is 11.8. The van der Waals surface area contributed by atoms with E-state index in [1.165, 1.54) is 0 Å². The molecule has 0 spiro atoms. The maximum atomic E-state index is 11.8. The summed E-state index contributed by atoms with van der Waals surface area (Å²) in [5.74, 6) is 0. The van der Waals surface area contributed by atoms with Gasteiger partial charge in [0.1, 0.15) is 11.8 Å². The van der Waals surface area contributed by atoms with Gasteiger partial charge in [0.25, 0.3) is 0 Å². The maximum Gasteiger partial charge on any atom is 0.142 e. The summed E-state index contributed by atoms with van der Waals surface area (Å²) in [7, 11) is 0. The van der Waals surface area contributed by atoms with Crippen LogP contribution < -0.4 is 0 Å². The molecule has 58 valence electrons. The number of nitrogens with zero attached hydrogens (tertiary/aromatic N) is 1. The van der Waals surface area contributed by atoms with Crippen molar-refractivity contribution in [3.63, 3.8) is 0 Å². The predicted octanol–water partition coefficient (Wildman–Crippen LogP) is 2.92. The van der Waals surface area contributed by atoms with Crippen molar-refractivity contribution in [2.45, 2.75) is 0 Å². The van der Waals surface area contributed by atoms with E-state index in [-0.39, 0.29) is 5.17 Å². The van der Waals surface area contributed by atoms with Crippen LogP contribution >= 0.6 is 11.6 Å². The summed E-state index contributed by atoms with van der Waals surface area (Å²) in [5, 5.41) is -0.0174. The molecule has 0 aromatic heterocycles. The zero-order chi connectivity index (χ0) is 8.10. The average Bonchev–Trinajstić information content (AvgIpc) is 2.06. The van der Waals surface area contributed by atoms with Crippen molar-refractivity contribution >= 4 is 22.5 Å². The predicted molar refractivity (Wildman–Crippen MR) is 45.4 cm³/mol. The monoisotopic (exact) mass is 171 g/mol. The molecule has 0 atom stereocenters. The summed E-state index contributed by atoms with van der Waals surface area (Å²) in [6, 6.07) is 9.03. The number of alkyl halides is 1. The van der Waals surface area contributed by atoms with E-state index >= 15 is 0 Å². The molecule has 0 radical (unpaired) electrons. The molecule has 0 N–H and O–H groups in total. The van der Waals surface area contributed by atoms with Gasteiger partial charge in [0.05, 0.1) is 5.69 Å². The molecule has 0 unspecified atom stereocenters. The first-order valence-electron chi connectivity index (χ1n) is 3.17. The second-order valence-electron chi connectivity index (χ2n) is 1.96. The van der Waals surface area contributed by atoms with Crippen LogP contribution in [0.15, 0.2) is 35.3 Å². The van der Waals surface area contributed by atoms with Crippen LogP contribution in [0, 0.1) is 0 Å². The topological polar surface area (TPSA) is 12.4 Å². The van der Waals surface area contributed by atoms with Crippen molar-refractivity contribution in [2.75, 3.05) is 6.67 Å². The van der Waals surface area contributed by atoms with Crippen LogP contribution in [0.5, 0.6) is 0 Å². The zero-order valence-electron chi connectivity index (χ0n) is 5.80. The van der Waals surface area contributed by atoms with Gasteiger partial charge in [0.2, 0.25) is 0 Å². The molecule has 0 bridgehead atoms. The number of rotatable bonds is 2. The minimum absolute atomic E-state index is 0.0174. The normalized spacial score (nSPS) is 11.6. The molecule has 11 heavy (non-hydrogen) atoms. The molecule has 1 aromatic rings. The molecule has 0 heterocycles. The number of para-hydroxylation sites is 1. The van der Waals surface area contributed by atoms with Gasteiger partial charge in [0.15, 0.2) is 0 Å². The molecule has 0 aliphatic heterocycles. The molecular weight excluding hydrogens is 165 g/mol. The lowest BCUT2D eigenvalue weighted by molar-refractivity contribution is 0.585. The summed E-state index contributed by atoms with van der Waals surface area (Å²) in [4.78, 5) is 3.78. The number of halogens is 2. The molecule has 0 saturated carbocycles. The summed E-state index contributed by atoms with van der Waals surface area (Å²) in [6.07, 6.45) is 0. The molecule has 3 heteroatoms. The fraction of sp³-hybridized carbons (Fsp3) is 0.125. The van der Waals surface area contributed by atoms with Gasteiger partial charge in [-0.1, -0.05) is 29.8 Å². The molecule has 1 aromatic carbocycles. The van der Waals surface area contributed by atoms with E-state index in [0.29, 0.717) is 5.69 Å². The third-order valence-corrected chi connectivity index (χ3v) is 1.30. The lowest BCUT2D eigenvalue weighted by Gasteiger charge is -1.91. The SMILES string of the molecule is FC/C(Cl)=N\c1ccccc1. The fourth-order valence-corrected chi connectivity index (χ4v) is 0.770. The minimum atomic E-state index is -0.712. The molecule has 0 saturated heterocycles. The largest absolute Gasteiger partial charge is 0.243 e. The molecule has 1 rings (SSSR count). The standard InChI is InChI=1S/C8H7ClFN/c9-8(6-10)11-7-4-2-1-3-5-7/h1-5H,6H2/b11-8+. The highest BCUT2D eigenvalue weighted by Gasteiger charge is 1.91. The summed E-state index contributed by atoms with van der Waals surface area (Å²) < 4.78 is 11.8. The first kappa shape index (κ1) is 8.21. The van der Waals surface area contributed by atoms with Gasteiger partial charge in [-0.15, -0.1) is 0 Å². The Morgan fingerprint density at radius 2 is 2.00 bits per heavy atom. The van der Waals surface area contributed by atoms with Crippen LogP contribution in [-0.4, -0.2) is 11.8 Å². The smallest absolute Gasteiger partial charge is 0.142 e. The molecule has 0 amide bonds. The Bertz CT molecular complexity index is 246. The molecule has 1 nitrogen and oxygen atoms in total. The van der Waals surface area contributed by atoms with Crippen molar-refractivity contribution in [1.29, 1.82) is 0 Å². The van der Waals surface area contributed by atoms with Gasteiger partial charge in [-0.3, -0.25) is 0 Å². The number of hydrogen-bond acceptors (Lipinski definition) is 1. The van der Waals surface area contributed by atoms with Gasteiger partial charge >= 0.3 is 0 Å². The second kappa shape index (κ2) is 4.09. The Labute approximate surface area is 69.5 Å². The first-order chi connectivity index (χ1) is 5.33. The van der Waals surface area contributed by atoms with E-state index in [9.17, 15) is 4.39 Å². The van der Waals surface area contributed by atoms with Crippen molar-refractivity contribution in [2.24, 2.45) is 4.99 Å². The Hall–Kier alpha value is -0.890. The van der Waals surface area contributed by atoms with E-state index in [4.69, 9.17) is 11.6 Å². The first-order valence-corrected chi connectivity index (χ1v) is 3.55. The Balaban J connectivity index is 2.79. The van der Waals surface area contributed by atoms with E-state index in [0.717, 1.165) is 0 Å². The van der Waals surface area contributed by atoms with Crippen LogP contribution in [0.1, 0.15) is 0 Å². The van der Waals surface area contributed by atoms with E-state index in [1.807, 2.05) is 18.2 Å². The minimum Gasteiger partial charge on any atom is -0.243 e. The van der Waals surface area contributed by atoms with Crippen LogP contribution in [-0.2, 0) is 0 Å². The van der Waals surface area contributed by atoms with Crippen LogP contribution in [0.4, 0.5) is 10.1 Å². The summed E-state index contributed by atoms with van der Waals surface area (Å²) >= 11 is 5.37. The number of aliphatic imine (C=N–C) groups is 1. The zero-order valence-corrected chi connectivity index (χ0v) is 6.55. The van der Waals surface area contributed by atoms with Crippen LogP contribution in [0.25, 0.3) is 0 Å². The van der Waals surface area contributed by atoms with Crippen molar-refractivity contribution in [3.8, 4) is 0 Å². The third kappa shape index (κ3) is 2.68. The van der Waals surface area contributed by atoms with Gasteiger partial charge in [-0.2, -0.15) is 0 Å². The second-order valence-corrected chi connectivity index (χ2v) is 2.39. The number of benzene rings is 1. The highest BCUT2D eigenvalue weighted by Crippen LogP contribution is 2.10. The van der Waals surface area contributed by atoms with Gasteiger partial charge in [0, 0.05) is 0 Å². The lowest BCUT2D eigenvalue weighted by atomic mass is 10.3. The molecule has 0 fully saturated rings. The van der Waals surface area contributed by atoms with E-state index < -0.39 is 6.67 Å². The lowest BCUT2D eigenvalue weighted by Crippen LogP contribution is -1.86. The summed E-state index contributed by atoms with van der Waals surface area (Å²) in [5.41, 5.74) is 0.676. The van der Waals surface area contributed by atoms with Crippen molar-refractivity contribution < 1.29 is 4.39 Å². The Morgan fingerprint density at radius 1 is 1.36 bits per heavy atom. The third-order valence-electron chi connectivity index (χ3n) is 1.12. The highest BCUT2D eigenvalue weighted by atomic mass is 35.5. The average molecular weight is 172 g/mol. The molecule has 0 aliphatic rings. The van der Waals surface area contributed by atoms with Crippen LogP contribution in [0.3, 0.4) is 0 Å². The Morgan fingerprint density at radius 3 is 2.55 bits per heavy atom. The summed E-state index contributed by atoms with van der Waals surface area (Å²) in [6.45, 7) is -0.712. The molecular formula is C8H7ClFN. The van der Waals surface area contributed by atoms with Crippen LogP contribution in [0.2, 0.25) is 0 Å². The fourth-order valence-electron chi connectivity index (χ4n) is 0.672. The molecule has 0 aliphatic carbocycles. The van der Waals surface area contributed by atoms with Gasteiger partial charge in [-0.05, 0) is 12.1 Å². The van der Waals surface area contributed by atoms with Crippen molar-refractivity contribution in [1.82, 2.24) is 0 Å².